The summed E-state index contributed by atoms with van der Waals surface area (Å²) < 4.78 is 7.66. The zero-order valence-electron chi connectivity index (χ0n) is 17.0. The molecule has 3 aromatic heterocycles. The van der Waals surface area contributed by atoms with Crippen molar-refractivity contribution in [2.45, 2.75) is 49.8 Å². The van der Waals surface area contributed by atoms with Crippen LogP contribution in [0.4, 0.5) is 0 Å². The van der Waals surface area contributed by atoms with Gasteiger partial charge in [-0.05, 0) is 42.4 Å². The quantitative estimate of drug-likeness (QED) is 0.429. The Morgan fingerprint density at radius 2 is 1.86 bits per heavy atom. The first-order chi connectivity index (χ1) is 13.9. The average molecular weight is 406 g/mol. The predicted octanol–water partition coefficient (Wildman–Crippen LogP) is 5.13. The summed E-state index contributed by atoms with van der Waals surface area (Å²) in [6.07, 6.45) is 3.48. The number of aromatic nitrogens is 5. The van der Waals surface area contributed by atoms with Gasteiger partial charge in [-0.2, -0.15) is 0 Å². The first-order valence-electron chi connectivity index (χ1n) is 9.45. The van der Waals surface area contributed by atoms with Crippen molar-refractivity contribution in [1.82, 2.24) is 24.7 Å². The molecule has 0 amide bonds. The van der Waals surface area contributed by atoms with Crippen molar-refractivity contribution < 1.29 is 4.42 Å². The fraction of sp³-hybridized carbons (Fsp3) is 0.273. The second-order valence-corrected chi connectivity index (χ2v) is 8.84. The van der Waals surface area contributed by atoms with E-state index < -0.39 is 0 Å². The van der Waals surface area contributed by atoms with Crippen LogP contribution in [0.1, 0.15) is 37.9 Å². The van der Waals surface area contributed by atoms with Crippen LogP contribution in [0.15, 0.2) is 69.5 Å². The van der Waals surface area contributed by atoms with E-state index in [0.29, 0.717) is 6.54 Å². The Bertz CT molecular complexity index is 1110. The zero-order valence-corrected chi connectivity index (χ0v) is 17.8. The molecule has 0 saturated carbocycles. The van der Waals surface area contributed by atoms with Gasteiger partial charge in [0.05, 0.1) is 12.8 Å². The lowest BCUT2D eigenvalue weighted by molar-refractivity contribution is 0.485. The van der Waals surface area contributed by atoms with Crippen LogP contribution in [0.3, 0.4) is 0 Å². The molecule has 0 aliphatic rings. The van der Waals surface area contributed by atoms with Gasteiger partial charge in [-0.25, -0.2) is 9.97 Å². The average Bonchev–Trinajstić information content (AvgIpc) is 3.33. The van der Waals surface area contributed by atoms with Gasteiger partial charge in [0.15, 0.2) is 11.0 Å². The molecular formula is C22H23N5OS. The van der Waals surface area contributed by atoms with E-state index in [1.165, 1.54) is 11.8 Å². The number of rotatable bonds is 5. The maximum absolute atomic E-state index is 5.59. The molecule has 7 heteroatoms. The fourth-order valence-electron chi connectivity index (χ4n) is 2.94. The van der Waals surface area contributed by atoms with E-state index in [1.54, 1.807) is 12.5 Å². The Morgan fingerprint density at radius 1 is 1.03 bits per heavy atom. The maximum Gasteiger partial charge on any atom is 0.198 e. The number of benzene rings is 1. The molecule has 0 saturated heterocycles. The molecule has 29 heavy (non-hydrogen) atoms. The lowest BCUT2D eigenvalue weighted by atomic mass is 9.96. The molecule has 0 atom stereocenters. The Kier molecular flexibility index (Phi) is 5.24. The molecular weight excluding hydrogens is 382 g/mol. The van der Waals surface area contributed by atoms with Crippen molar-refractivity contribution in [3.05, 3.63) is 72.1 Å². The summed E-state index contributed by atoms with van der Waals surface area (Å²) in [6.45, 7) is 8.93. The van der Waals surface area contributed by atoms with Gasteiger partial charge in [0, 0.05) is 17.2 Å². The van der Waals surface area contributed by atoms with Gasteiger partial charge in [-0.15, -0.1) is 10.2 Å². The molecule has 6 nitrogen and oxygen atoms in total. The molecule has 0 spiro atoms. The van der Waals surface area contributed by atoms with E-state index in [0.717, 1.165) is 38.7 Å². The first-order valence-corrected chi connectivity index (χ1v) is 10.3. The van der Waals surface area contributed by atoms with Crippen LogP contribution in [0.5, 0.6) is 0 Å². The van der Waals surface area contributed by atoms with E-state index >= 15 is 0 Å². The number of furan rings is 1. The van der Waals surface area contributed by atoms with Crippen LogP contribution in [-0.4, -0.2) is 24.7 Å². The largest absolute Gasteiger partial charge is 0.467 e. The van der Waals surface area contributed by atoms with Crippen molar-refractivity contribution in [2.24, 2.45) is 0 Å². The highest BCUT2D eigenvalue weighted by Crippen LogP contribution is 2.31. The summed E-state index contributed by atoms with van der Waals surface area (Å²) in [4.78, 5) is 9.14. The SMILES string of the molecule is Cc1ccccc1-c1nnc(Sc2ccnc(C(C)(C)C)n2)n1Cc1ccco1. The van der Waals surface area contributed by atoms with Crippen molar-refractivity contribution in [3.63, 3.8) is 0 Å². The van der Waals surface area contributed by atoms with Gasteiger partial charge in [-0.3, -0.25) is 4.57 Å². The molecule has 0 unspecified atom stereocenters. The Hall–Kier alpha value is -2.93. The lowest BCUT2D eigenvalue weighted by Crippen LogP contribution is -2.16. The monoisotopic (exact) mass is 405 g/mol. The minimum Gasteiger partial charge on any atom is -0.467 e. The molecule has 0 bridgehead atoms. The molecule has 0 aliphatic carbocycles. The van der Waals surface area contributed by atoms with Gasteiger partial charge >= 0.3 is 0 Å². The van der Waals surface area contributed by atoms with Crippen LogP contribution in [0.2, 0.25) is 0 Å². The van der Waals surface area contributed by atoms with E-state index in [2.05, 4.69) is 59.6 Å². The third-order valence-electron chi connectivity index (χ3n) is 4.49. The third-order valence-corrected chi connectivity index (χ3v) is 5.41. The smallest absolute Gasteiger partial charge is 0.198 e. The van der Waals surface area contributed by atoms with E-state index in [9.17, 15) is 0 Å². The second-order valence-electron chi connectivity index (χ2n) is 7.86. The van der Waals surface area contributed by atoms with E-state index in [-0.39, 0.29) is 5.41 Å². The summed E-state index contributed by atoms with van der Waals surface area (Å²) in [7, 11) is 0. The highest BCUT2D eigenvalue weighted by Gasteiger charge is 2.20. The summed E-state index contributed by atoms with van der Waals surface area (Å²) in [5.74, 6) is 2.46. The van der Waals surface area contributed by atoms with Crippen LogP contribution < -0.4 is 0 Å². The lowest BCUT2D eigenvalue weighted by Gasteiger charge is -2.16. The predicted molar refractivity (Wildman–Crippen MR) is 113 cm³/mol. The van der Waals surface area contributed by atoms with Crippen LogP contribution >= 0.6 is 11.8 Å². The van der Waals surface area contributed by atoms with Crippen LogP contribution in [-0.2, 0) is 12.0 Å². The van der Waals surface area contributed by atoms with Gasteiger partial charge in [0.25, 0.3) is 0 Å². The number of hydrogen-bond donors (Lipinski definition) is 0. The van der Waals surface area contributed by atoms with E-state index in [4.69, 9.17) is 9.40 Å². The fourth-order valence-corrected chi connectivity index (χ4v) is 3.73. The van der Waals surface area contributed by atoms with Gasteiger partial charge < -0.3 is 4.42 Å². The zero-order chi connectivity index (χ0) is 20.4. The van der Waals surface area contributed by atoms with Gasteiger partial charge in [-0.1, -0.05) is 45.0 Å². The van der Waals surface area contributed by atoms with Gasteiger partial charge in [0.1, 0.15) is 16.6 Å². The topological polar surface area (TPSA) is 69.6 Å². The second kappa shape index (κ2) is 7.83. The van der Waals surface area contributed by atoms with E-state index in [1.807, 2.05) is 30.3 Å². The summed E-state index contributed by atoms with van der Waals surface area (Å²) >= 11 is 1.48. The molecule has 4 rings (SSSR count). The van der Waals surface area contributed by atoms with Crippen molar-refractivity contribution >= 4 is 11.8 Å². The molecule has 0 N–H and O–H groups in total. The Balaban J connectivity index is 1.75. The van der Waals surface area contributed by atoms with Crippen LogP contribution in [0, 0.1) is 6.92 Å². The van der Waals surface area contributed by atoms with Crippen molar-refractivity contribution in [1.29, 1.82) is 0 Å². The molecule has 148 valence electrons. The normalized spacial score (nSPS) is 11.7. The highest BCUT2D eigenvalue weighted by atomic mass is 32.2. The molecule has 0 fully saturated rings. The molecule has 1 aromatic carbocycles. The highest BCUT2D eigenvalue weighted by molar-refractivity contribution is 7.99. The molecule has 0 aliphatic heterocycles. The van der Waals surface area contributed by atoms with Crippen molar-refractivity contribution in [3.8, 4) is 11.4 Å². The summed E-state index contributed by atoms with van der Waals surface area (Å²) in [6, 6.07) is 13.9. The van der Waals surface area contributed by atoms with Gasteiger partial charge in [0.2, 0.25) is 0 Å². The molecule has 4 aromatic rings. The number of aryl methyl sites for hydroxylation is 1. The molecule has 0 radical (unpaired) electrons. The number of nitrogens with zero attached hydrogens (tertiary/aromatic N) is 5. The number of hydrogen-bond acceptors (Lipinski definition) is 6. The third kappa shape index (κ3) is 4.24. The minimum absolute atomic E-state index is 0.120. The summed E-state index contributed by atoms with van der Waals surface area (Å²) in [5.41, 5.74) is 2.08. The first kappa shape index (κ1) is 19.4. The van der Waals surface area contributed by atoms with Crippen molar-refractivity contribution in [2.75, 3.05) is 0 Å². The van der Waals surface area contributed by atoms with Crippen LogP contribution in [0.25, 0.3) is 11.4 Å². The Labute approximate surface area is 174 Å². The Morgan fingerprint density at radius 3 is 2.59 bits per heavy atom. The maximum atomic E-state index is 5.59. The standard InChI is InChI=1S/C22H23N5OS/c1-15-8-5-6-10-17(15)19-25-26-21(27(19)14-16-9-7-13-28-16)29-18-11-12-23-20(24-18)22(2,3)4/h5-13H,14H2,1-4H3. The molecule has 3 heterocycles. The summed E-state index contributed by atoms with van der Waals surface area (Å²) in [5, 5.41) is 10.6. The minimum atomic E-state index is -0.120.